The van der Waals surface area contributed by atoms with E-state index in [0.717, 1.165) is 0 Å². The Labute approximate surface area is 107 Å². The Bertz CT molecular complexity index is 324. The molecule has 0 spiro atoms. The lowest BCUT2D eigenvalue weighted by atomic mass is 10.1. The average molecular weight is 258 g/mol. The highest BCUT2D eigenvalue weighted by atomic mass is 16.5. The highest BCUT2D eigenvalue weighted by Crippen LogP contribution is 2.11. The molecule has 104 valence electrons. The van der Waals surface area contributed by atoms with Gasteiger partial charge >= 0.3 is 5.97 Å². The zero-order chi connectivity index (χ0) is 14.0. The summed E-state index contributed by atoms with van der Waals surface area (Å²) in [4.78, 5) is 15.6. The van der Waals surface area contributed by atoms with Crippen LogP contribution in [0, 0.1) is 0 Å². The minimum Gasteiger partial charge on any atom is -0.511 e. The lowest BCUT2D eigenvalue weighted by molar-refractivity contribution is -0.138. The van der Waals surface area contributed by atoms with Crippen LogP contribution < -0.4 is 5.73 Å². The molecule has 0 rings (SSSR count). The largest absolute Gasteiger partial charge is 0.511 e. The average Bonchev–Trinajstić information content (AvgIpc) is 2.34. The van der Waals surface area contributed by atoms with Gasteiger partial charge in [-0.05, 0) is 12.8 Å². The molecule has 6 heteroatoms. The molecule has 0 saturated carbocycles. The van der Waals surface area contributed by atoms with Crippen molar-refractivity contribution in [2.45, 2.75) is 33.1 Å². The number of esters is 1. The molecule has 0 aromatic carbocycles. The maximum Gasteiger partial charge on any atom is 0.345 e. The molecule has 0 aromatic heterocycles. The van der Waals surface area contributed by atoms with Gasteiger partial charge in [-0.25, -0.2) is 4.79 Å². The Balaban J connectivity index is 5.05. The Morgan fingerprint density at radius 2 is 2.00 bits per heavy atom. The summed E-state index contributed by atoms with van der Waals surface area (Å²) in [5, 5.41) is 18.5. The number of aliphatic hydroxyl groups excluding tert-OH is 2. The van der Waals surface area contributed by atoms with Crippen molar-refractivity contribution in [2.24, 2.45) is 10.7 Å². The van der Waals surface area contributed by atoms with Crippen LogP contribution in [0.1, 0.15) is 33.1 Å². The molecule has 0 atom stereocenters. The standard InChI is InChI=1S/C12H22N2O4/c1-3-5-9(16)10(11(13)14-6-7-15)12(17)18-8-4-2/h15-16H,3-8H2,1-2H3,(H2,13,14). The Hall–Kier alpha value is -1.56. The van der Waals surface area contributed by atoms with E-state index in [0.29, 0.717) is 19.3 Å². The molecular formula is C12H22N2O4. The fraction of sp³-hybridized carbons (Fsp3) is 0.667. The SMILES string of the molecule is CCCOC(=O)C(C(N)=NCCO)=C(O)CCC. The summed E-state index contributed by atoms with van der Waals surface area (Å²) in [6.07, 6.45) is 1.68. The first-order valence-electron chi connectivity index (χ1n) is 6.08. The van der Waals surface area contributed by atoms with Crippen LogP contribution >= 0.6 is 0 Å². The number of allylic oxidation sites excluding steroid dienone is 1. The summed E-state index contributed by atoms with van der Waals surface area (Å²) in [6, 6.07) is 0. The lowest BCUT2D eigenvalue weighted by Crippen LogP contribution is -2.26. The third kappa shape index (κ3) is 5.67. The first-order chi connectivity index (χ1) is 8.58. The summed E-state index contributed by atoms with van der Waals surface area (Å²) in [6.45, 7) is 3.90. The van der Waals surface area contributed by atoms with Crippen LogP contribution in [0.15, 0.2) is 16.3 Å². The van der Waals surface area contributed by atoms with Gasteiger partial charge < -0.3 is 20.7 Å². The summed E-state index contributed by atoms with van der Waals surface area (Å²) in [7, 11) is 0. The molecule has 0 saturated heterocycles. The molecule has 0 aliphatic carbocycles. The fourth-order valence-electron chi connectivity index (χ4n) is 1.25. The second-order valence-corrected chi connectivity index (χ2v) is 3.70. The molecule has 0 fully saturated rings. The predicted molar refractivity (Wildman–Crippen MR) is 69.4 cm³/mol. The van der Waals surface area contributed by atoms with Gasteiger partial charge in [-0.2, -0.15) is 0 Å². The normalized spacial score (nSPS) is 13.2. The first kappa shape index (κ1) is 16.4. The molecular weight excluding hydrogens is 236 g/mol. The zero-order valence-electron chi connectivity index (χ0n) is 11.0. The number of hydrogen-bond acceptors (Lipinski definition) is 5. The van der Waals surface area contributed by atoms with Gasteiger partial charge in [0.1, 0.15) is 17.2 Å². The summed E-state index contributed by atoms with van der Waals surface area (Å²) >= 11 is 0. The number of carbonyl (C=O) groups excluding carboxylic acids is 1. The Morgan fingerprint density at radius 3 is 2.50 bits per heavy atom. The topological polar surface area (TPSA) is 105 Å². The molecule has 18 heavy (non-hydrogen) atoms. The zero-order valence-corrected chi connectivity index (χ0v) is 11.0. The van der Waals surface area contributed by atoms with Crippen LogP contribution in [0.2, 0.25) is 0 Å². The highest BCUT2D eigenvalue weighted by Gasteiger charge is 2.20. The van der Waals surface area contributed by atoms with Crippen molar-refractivity contribution in [1.82, 2.24) is 0 Å². The van der Waals surface area contributed by atoms with Gasteiger partial charge in [0, 0.05) is 6.42 Å². The van der Waals surface area contributed by atoms with Crippen LogP contribution in [0.25, 0.3) is 0 Å². The number of nitrogens with two attached hydrogens (primary N) is 1. The first-order valence-corrected chi connectivity index (χ1v) is 6.08. The molecule has 0 aliphatic heterocycles. The van der Waals surface area contributed by atoms with Crippen LogP contribution in [0.4, 0.5) is 0 Å². The maximum absolute atomic E-state index is 11.8. The monoisotopic (exact) mass is 258 g/mol. The van der Waals surface area contributed by atoms with Crippen LogP contribution in [0.3, 0.4) is 0 Å². The molecule has 0 radical (unpaired) electrons. The Kier molecular flexibility index (Phi) is 8.65. The van der Waals surface area contributed by atoms with E-state index >= 15 is 0 Å². The van der Waals surface area contributed by atoms with Crippen LogP contribution in [-0.2, 0) is 9.53 Å². The highest BCUT2D eigenvalue weighted by molar-refractivity contribution is 6.18. The van der Waals surface area contributed by atoms with E-state index < -0.39 is 5.97 Å². The van der Waals surface area contributed by atoms with Crippen molar-refractivity contribution in [2.75, 3.05) is 19.8 Å². The lowest BCUT2D eigenvalue weighted by Gasteiger charge is -2.10. The van der Waals surface area contributed by atoms with Crippen molar-refractivity contribution < 1.29 is 19.7 Å². The second kappa shape index (κ2) is 9.47. The maximum atomic E-state index is 11.8. The van der Waals surface area contributed by atoms with Crippen molar-refractivity contribution >= 4 is 11.8 Å². The van der Waals surface area contributed by atoms with E-state index in [9.17, 15) is 9.90 Å². The number of aliphatic hydroxyl groups is 2. The van der Waals surface area contributed by atoms with Crippen molar-refractivity contribution in [3.8, 4) is 0 Å². The number of hydrogen-bond donors (Lipinski definition) is 3. The number of ether oxygens (including phenoxy) is 1. The predicted octanol–water partition coefficient (Wildman–Crippen LogP) is 0.901. The fourth-order valence-corrected chi connectivity index (χ4v) is 1.25. The van der Waals surface area contributed by atoms with Crippen molar-refractivity contribution in [3.05, 3.63) is 11.3 Å². The summed E-state index contributed by atoms with van der Waals surface area (Å²) < 4.78 is 4.94. The smallest absolute Gasteiger partial charge is 0.345 e. The minimum absolute atomic E-state index is 0.0792. The van der Waals surface area contributed by atoms with Gasteiger partial charge in [-0.15, -0.1) is 0 Å². The van der Waals surface area contributed by atoms with E-state index in [1.54, 1.807) is 0 Å². The molecule has 0 amide bonds. The second-order valence-electron chi connectivity index (χ2n) is 3.70. The van der Waals surface area contributed by atoms with E-state index in [1.807, 2.05) is 13.8 Å². The third-order valence-corrected chi connectivity index (χ3v) is 2.06. The number of carbonyl (C=O) groups is 1. The molecule has 4 N–H and O–H groups in total. The molecule has 0 aliphatic rings. The Morgan fingerprint density at radius 1 is 1.33 bits per heavy atom. The number of rotatable bonds is 8. The van der Waals surface area contributed by atoms with Crippen molar-refractivity contribution in [3.63, 3.8) is 0 Å². The number of nitrogens with zero attached hydrogens (tertiary/aromatic N) is 1. The van der Waals surface area contributed by atoms with E-state index in [2.05, 4.69) is 4.99 Å². The minimum atomic E-state index is -0.679. The van der Waals surface area contributed by atoms with E-state index in [-0.39, 0.29) is 36.9 Å². The number of aliphatic imine (C=N–C) groups is 1. The molecule has 0 unspecified atom stereocenters. The number of amidine groups is 1. The van der Waals surface area contributed by atoms with Gasteiger partial charge in [0.25, 0.3) is 0 Å². The van der Waals surface area contributed by atoms with Crippen LogP contribution in [-0.4, -0.2) is 41.8 Å². The van der Waals surface area contributed by atoms with Gasteiger partial charge in [-0.1, -0.05) is 13.8 Å². The molecule has 0 bridgehead atoms. The van der Waals surface area contributed by atoms with E-state index in [1.165, 1.54) is 0 Å². The van der Waals surface area contributed by atoms with Crippen LogP contribution in [0.5, 0.6) is 0 Å². The van der Waals surface area contributed by atoms with Gasteiger partial charge in [0.15, 0.2) is 0 Å². The third-order valence-electron chi connectivity index (χ3n) is 2.06. The molecule has 0 aromatic rings. The van der Waals surface area contributed by atoms with Gasteiger partial charge in [-0.3, -0.25) is 4.99 Å². The summed E-state index contributed by atoms with van der Waals surface area (Å²) in [5.74, 6) is -0.907. The molecule has 6 nitrogen and oxygen atoms in total. The quantitative estimate of drug-likeness (QED) is 0.197. The summed E-state index contributed by atoms with van der Waals surface area (Å²) in [5.41, 5.74) is 5.53. The van der Waals surface area contributed by atoms with Gasteiger partial charge in [0.2, 0.25) is 0 Å². The van der Waals surface area contributed by atoms with Gasteiger partial charge in [0.05, 0.1) is 19.8 Å². The van der Waals surface area contributed by atoms with E-state index in [4.69, 9.17) is 15.6 Å². The van der Waals surface area contributed by atoms with Crippen molar-refractivity contribution in [1.29, 1.82) is 0 Å². The molecule has 0 heterocycles.